The van der Waals surface area contributed by atoms with E-state index in [1.54, 1.807) is 5.57 Å². The van der Waals surface area contributed by atoms with E-state index in [-0.39, 0.29) is 6.10 Å². The molecule has 1 N–H and O–H groups in total. The van der Waals surface area contributed by atoms with Crippen molar-refractivity contribution in [1.29, 1.82) is 0 Å². The summed E-state index contributed by atoms with van der Waals surface area (Å²) >= 11 is 0. The van der Waals surface area contributed by atoms with Gasteiger partial charge in [-0.15, -0.1) is 0 Å². The minimum absolute atomic E-state index is 0.0766. The Kier molecular flexibility index (Phi) is 5.80. The molecule has 3 fully saturated rings. The highest BCUT2D eigenvalue weighted by atomic mass is 16.3. The third-order valence-corrected chi connectivity index (χ3v) is 10.3. The molecule has 0 heterocycles. The molecule has 4 aliphatic rings. The van der Waals surface area contributed by atoms with Gasteiger partial charge in [0.1, 0.15) is 0 Å². The molecule has 0 aromatic carbocycles. The van der Waals surface area contributed by atoms with Crippen LogP contribution in [0.4, 0.5) is 0 Å². The predicted octanol–water partition coefficient (Wildman–Crippen LogP) is 7.39. The number of allylic oxidation sites excluding steroid dienone is 1. The van der Waals surface area contributed by atoms with E-state index in [1.165, 1.54) is 57.8 Å². The molecule has 0 radical (unpaired) electrons. The van der Waals surface area contributed by atoms with Crippen molar-refractivity contribution in [2.45, 2.75) is 111 Å². The molecule has 0 aromatic heterocycles. The van der Waals surface area contributed by atoms with Crippen molar-refractivity contribution < 1.29 is 5.11 Å². The van der Waals surface area contributed by atoms with Gasteiger partial charge in [0.05, 0.1) is 6.10 Å². The second-order valence-electron chi connectivity index (χ2n) is 12.2. The molecule has 1 nitrogen and oxygen atoms in total. The van der Waals surface area contributed by atoms with Crippen LogP contribution in [0, 0.1) is 46.3 Å². The number of fused-ring (bicyclic) bond motifs is 5. The van der Waals surface area contributed by atoms with Crippen LogP contribution in [0.25, 0.3) is 0 Å². The Morgan fingerprint density at radius 3 is 2.54 bits per heavy atom. The van der Waals surface area contributed by atoms with Crippen molar-refractivity contribution in [2.24, 2.45) is 46.3 Å². The van der Waals surface area contributed by atoms with Crippen LogP contribution in [0.1, 0.15) is 105 Å². The Morgan fingerprint density at radius 1 is 1.00 bits per heavy atom. The number of hydrogen-bond acceptors (Lipinski definition) is 1. The van der Waals surface area contributed by atoms with Gasteiger partial charge in [-0.3, -0.25) is 0 Å². The molecule has 1 heteroatoms. The summed E-state index contributed by atoms with van der Waals surface area (Å²) in [5.41, 5.74) is 2.60. The first-order valence-corrected chi connectivity index (χ1v) is 12.6. The molecule has 4 rings (SSSR count). The fourth-order valence-corrected chi connectivity index (χ4v) is 8.67. The van der Waals surface area contributed by atoms with Crippen LogP contribution in [0.3, 0.4) is 0 Å². The molecule has 0 unspecified atom stereocenters. The molecule has 8 atom stereocenters. The molecule has 0 aliphatic heterocycles. The molecule has 0 saturated heterocycles. The lowest BCUT2D eigenvalue weighted by molar-refractivity contribution is -0.0573. The van der Waals surface area contributed by atoms with Gasteiger partial charge < -0.3 is 5.11 Å². The van der Waals surface area contributed by atoms with E-state index in [0.717, 1.165) is 48.3 Å². The molecule has 4 aliphatic carbocycles. The maximum Gasteiger partial charge on any atom is 0.0577 e. The molecule has 0 spiro atoms. The Bertz CT molecular complexity index is 591. The van der Waals surface area contributed by atoms with Gasteiger partial charge in [-0.05, 0) is 97.7 Å². The standard InChI is InChI=1S/C27H46O/c1-18(2)7-6-8-19(3)23-11-12-24-22-10-9-20-17-21(28)13-15-26(20,4)25(22)14-16-27(23,24)5/h9,18-19,21-25,28H,6-8,10-17H2,1-5H3/t19-,21-,22+,23-,24+,25-,26-,27-/m1/s1. The summed E-state index contributed by atoms with van der Waals surface area (Å²) in [6, 6.07) is 0. The highest BCUT2D eigenvalue weighted by molar-refractivity contribution is 5.25. The summed E-state index contributed by atoms with van der Waals surface area (Å²) in [7, 11) is 0. The van der Waals surface area contributed by atoms with E-state index in [2.05, 4.69) is 40.7 Å². The average Bonchev–Trinajstić information content (AvgIpc) is 2.99. The third-order valence-electron chi connectivity index (χ3n) is 10.3. The quantitative estimate of drug-likeness (QED) is 0.488. The van der Waals surface area contributed by atoms with Crippen LogP contribution in [0.2, 0.25) is 0 Å². The summed E-state index contributed by atoms with van der Waals surface area (Å²) in [6.45, 7) is 12.6. The van der Waals surface area contributed by atoms with Gasteiger partial charge in [-0.25, -0.2) is 0 Å². The summed E-state index contributed by atoms with van der Waals surface area (Å²) in [6.07, 6.45) is 17.2. The Morgan fingerprint density at radius 2 is 1.79 bits per heavy atom. The predicted molar refractivity (Wildman–Crippen MR) is 119 cm³/mol. The topological polar surface area (TPSA) is 20.2 Å². The van der Waals surface area contributed by atoms with Gasteiger partial charge in [0.15, 0.2) is 0 Å². The average molecular weight is 387 g/mol. The van der Waals surface area contributed by atoms with Gasteiger partial charge in [-0.1, -0.05) is 65.5 Å². The van der Waals surface area contributed by atoms with Crippen molar-refractivity contribution in [1.82, 2.24) is 0 Å². The fraction of sp³-hybridized carbons (Fsp3) is 0.926. The van der Waals surface area contributed by atoms with Gasteiger partial charge in [-0.2, -0.15) is 0 Å². The normalized spacial score (nSPS) is 46.5. The molecule has 160 valence electrons. The van der Waals surface area contributed by atoms with E-state index in [9.17, 15) is 5.11 Å². The zero-order chi connectivity index (χ0) is 20.1. The Hall–Kier alpha value is -0.300. The van der Waals surface area contributed by atoms with Crippen molar-refractivity contribution in [3.63, 3.8) is 0 Å². The molecular formula is C27H46O. The van der Waals surface area contributed by atoms with Crippen molar-refractivity contribution in [3.05, 3.63) is 11.6 Å². The van der Waals surface area contributed by atoms with E-state index in [1.807, 2.05) is 0 Å². The first kappa shape index (κ1) is 21.0. The Labute approximate surface area is 174 Å². The summed E-state index contributed by atoms with van der Waals surface area (Å²) in [5, 5.41) is 10.2. The van der Waals surface area contributed by atoms with Crippen LogP contribution >= 0.6 is 0 Å². The number of hydrogen-bond donors (Lipinski definition) is 1. The summed E-state index contributed by atoms with van der Waals surface area (Å²) < 4.78 is 0. The van der Waals surface area contributed by atoms with Crippen molar-refractivity contribution in [3.8, 4) is 0 Å². The Balaban J connectivity index is 1.49. The van der Waals surface area contributed by atoms with Gasteiger partial charge in [0.2, 0.25) is 0 Å². The fourth-order valence-electron chi connectivity index (χ4n) is 8.67. The number of aliphatic hydroxyl groups is 1. The smallest absolute Gasteiger partial charge is 0.0577 e. The molecule has 0 amide bonds. The number of aliphatic hydroxyl groups excluding tert-OH is 1. The lowest BCUT2D eigenvalue weighted by atomic mass is 9.47. The van der Waals surface area contributed by atoms with Gasteiger partial charge in [0.25, 0.3) is 0 Å². The highest BCUT2D eigenvalue weighted by Gasteiger charge is 2.59. The zero-order valence-electron chi connectivity index (χ0n) is 19.3. The molecule has 28 heavy (non-hydrogen) atoms. The first-order chi connectivity index (χ1) is 13.3. The van der Waals surface area contributed by atoms with Crippen LogP contribution in [0.15, 0.2) is 11.6 Å². The largest absolute Gasteiger partial charge is 0.393 e. The van der Waals surface area contributed by atoms with Crippen LogP contribution in [-0.2, 0) is 0 Å². The molecular weight excluding hydrogens is 340 g/mol. The van der Waals surface area contributed by atoms with Gasteiger partial charge >= 0.3 is 0 Å². The molecule has 0 bridgehead atoms. The van der Waals surface area contributed by atoms with Gasteiger partial charge in [0, 0.05) is 0 Å². The lowest BCUT2D eigenvalue weighted by Gasteiger charge is -2.58. The number of rotatable bonds is 5. The molecule has 3 saturated carbocycles. The zero-order valence-corrected chi connectivity index (χ0v) is 19.3. The second-order valence-corrected chi connectivity index (χ2v) is 12.2. The SMILES string of the molecule is CC(C)CCC[C@@H](C)[C@H]1CC[C@H]2[C@@H]3CC=C4C[C@H](O)CC[C@@]4(C)[C@@H]3CC[C@]12C. The minimum atomic E-state index is -0.0766. The summed E-state index contributed by atoms with van der Waals surface area (Å²) in [4.78, 5) is 0. The summed E-state index contributed by atoms with van der Waals surface area (Å²) in [5.74, 6) is 5.46. The van der Waals surface area contributed by atoms with E-state index in [4.69, 9.17) is 0 Å². The van der Waals surface area contributed by atoms with Crippen LogP contribution in [0.5, 0.6) is 0 Å². The lowest BCUT2D eigenvalue weighted by Crippen LogP contribution is -2.50. The first-order valence-electron chi connectivity index (χ1n) is 12.6. The van der Waals surface area contributed by atoms with Crippen molar-refractivity contribution >= 4 is 0 Å². The van der Waals surface area contributed by atoms with E-state index in [0.29, 0.717) is 10.8 Å². The van der Waals surface area contributed by atoms with Crippen LogP contribution in [-0.4, -0.2) is 11.2 Å². The minimum Gasteiger partial charge on any atom is -0.393 e. The maximum atomic E-state index is 10.2. The van der Waals surface area contributed by atoms with Crippen LogP contribution < -0.4 is 0 Å². The van der Waals surface area contributed by atoms with E-state index >= 15 is 0 Å². The second kappa shape index (κ2) is 7.75. The monoisotopic (exact) mass is 386 g/mol. The third kappa shape index (κ3) is 3.42. The molecule has 0 aromatic rings. The van der Waals surface area contributed by atoms with E-state index < -0.39 is 0 Å². The maximum absolute atomic E-state index is 10.2. The highest BCUT2D eigenvalue weighted by Crippen LogP contribution is 2.67. The van der Waals surface area contributed by atoms with Crippen molar-refractivity contribution in [2.75, 3.05) is 0 Å².